The molecule has 1 aliphatic heterocycles. The van der Waals surface area contributed by atoms with Gasteiger partial charge < -0.3 is 9.47 Å². The lowest BCUT2D eigenvalue weighted by Crippen LogP contribution is -2.49. The molecule has 0 radical (unpaired) electrons. The summed E-state index contributed by atoms with van der Waals surface area (Å²) in [5, 5.41) is 0. The van der Waals surface area contributed by atoms with Crippen LogP contribution in [0.3, 0.4) is 0 Å². The van der Waals surface area contributed by atoms with E-state index in [1.807, 2.05) is 48.5 Å². The van der Waals surface area contributed by atoms with Crippen LogP contribution in [0.5, 0.6) is 11.5 Å². The van der Waals surface area contributed by atoms with Crippen LogP contribution >= 0.6 is 0 Å². The second kappa shape index (κ2) is 11.1. The van der Waals surface area contributed by atoms with E-state index in [1.165, 1.54) is 14.0 Å². The molecule has 1 saturated carbocycles. The molecule has 0 N–H and O–H groups in total. The molecule has 0 aromatic heterocycles. The number of benzene rings is 4. The molecule has 4 aromatic carbocycles. The molecule has 43 heavy (non-hydrogen) atoms. The Labute approximate surface area is 249 Å². The van der Waals surface area contributed by atoms with Gasteiger partial charge in [0, 0.05) is 28.2 Å². The highest BCUT2D eigenvalue weighted by Crippen LogP contribution is 2.62. The fraction of sp³-hybridized carbons (Fsp3) is 0.135. The Morgan fingerprint density at radius 3 is 2.02 bits per heavy atom. The van der Waals surface area contributed by atoms with E-state index in [1.54, 1.807) is 72.8 Å². The fourth-order valence-corrected chi connectivity index (χ4v) is 6.28. The molecule has 1 heterocycles. The topological polar surface area (TPSA) is 86.7 Å². The Bertz CT molecular complexity index is 1800. The summed E-state index contributed by atoms with van der Waals surface area (Å²) in [5.74, 6) is -3.81. The summed E-state index contributed by atoms with van der Waals surface area (Å²) in [6.45, 7) is 1.40. The first-order chi connectivity index (χ1) is 20.9. The number of rotatable bonds is 7. The van der Waals surface area contributed by atoms with Crippen LogP contribution in [-0.2, 0) is 14.4 Å². The standard InChI is InChI=1S/C37H28O6/c1-23(38)28(20-24-12-6-3-7-13-24)32-33-29-22-27(42-2)18-19-31(29)43-36(41)37(33,35(40)26-16-10-5-11-17-26)30(34(32)39)21-25-14-8-4-9-15-25/h3-22,32-33H,1-2H3/b28-20-,30-21-/t32-,33?,37+/m0/s1. The van der Waals surface area contributed by atoms with Crippen molar-refractivity contribution in [3.8, 4) is 11.5 Å². The lowest BCUT2D eigenvalue weighted by Gasteiger charge is -2.39. The van der Waals surface area contributed by atoms with Crippen molar-refractivity contribution < 1.29 is 28.7 Å². The van der Waals surface area contributed by atoms with Gasteiger partial charge >= 0.3 is 5.97 Å². The number of carbonyl (C=O) groups excluding carboxylic acids is 4. The van der Waals surface area contributed by atoms with Gasteiger partial charge in [-0.15, -0.1) is 0 Å². The highest BCUT2D eigenvalue weighted by Gasteiger charge is 2.70. The highest BCUT2D eigenvalue weighted by molar-refractivity contribution is 6.28. The van der Waals surface area contributed by atoms with Crippen LogP contribution in [0.2, 0.25) is 0 Å². The Morgan fingerprint density at radius 1 is 0.814 bits per heavy atom. The molecule has 6 heteroatoms. The predicted octanol–water partition coefficient (Wildman–Crippen LogP) is 6.52. The highest BCUT2D eigenvalue weighted by atomic mass is 16.5. The maximum atomic E-state index is 14.8. The first-order valence-corrected chi connectivity index (χ1v) is 13.9. The summed E-state index contributed by atoms with van der Waals surface area (Å²) in [6.07, 6.45) is 3.26. The minimum absolute atomic E-state index is 0.0127. The zero-order valence-electron chi connectivity index (χ0n) is 23.7. The Balaban J connectivity index is 1.72. The number of carbonyl (C=O) groups is 4. The van der Waals surface area contributed by atoms with Gasteiger partial charge in [0.1, 0.15) is 11.5 Å². The Kier molecular flexibility index (Phi) is 7.20. The molecule has 6 rings (SSSR count). The van der Waals surface area contributed by atoms with Gasteiger partial charge in [0.15, 0.2) is 22.8 Å². The number of ether oxygens (including phenoxy) is 2. The predicted molar refractivity (Wildman–Crippen MR) is 163 cm³/mol. The van der Waals surface area contributed by atoms with Crippen molar-refractivity contribution in [2.24, 2.45) is 11.3 Å². The largest absolute Gasteiger partial charge is 0.497 e. The van der Waals surface area contributed by atoms with Crippen LogP contribution in [0.4, 0.5) is 0 Å². The third-order valence-corrected chi connectivity index (χ3v) is 8.22. The first kappa shape index (κ1) is 27.8. The number of fused-ring (bicyclic) bond motifs is 3. The summed E-state index contributed by atoms with van der Waals surface area (Å²) < 4.78 is 11.4. The molecule has 0 amide bonds. The number of allylic oxidation sites excluding steroid dienone is 1. The van der Waals surface area contributed by atoms with Crippen molar-refractivity contribution in [2.45, 2.75) is 12.8 Å². The summed E-state index contributed by atoms with van der Waals surface area (Å²) in [5.41, 5.74) is 0.158. The van der Waals surface area contributed by atoms with Gasteiger partial charge in [-0.2, -0.15) is 0 Å². The summed E-state index contributed by atoms with van der Waals surface area (Å²) in [7, 11) is 1.51. The van der Waals surface area contributed by atoms with Gasteiger partial charge in [0.05, 0.1) is 13.0 Å². The van der Waals surface area contributed by atoms with Crippen LogP contribution in [0.15, 0.2) is 120 Å². The summed E-state index contributed by atoms with van der Waals surface area (Å²) >= 11 is 0. The van der Waals surface area contributed by atoms with Crippen LogP contribution in [0, 0.1) is 11.3 Å². The second-order valence-corrected chi connectivity index (χ2v) is 10.7. The van der Waals surface area contributed by atoms with Gasteiger partial charge in [-0.25, -0.2) is 0 Å². The van der Waals surface area contributed by atoms with Crippen LogP contribution in [-0.4, -0.2) is 30.4 Å². The lowest BCUT2D eigenvalue weighted by molar-refractivity contribution is -0.143. The molecule has 0 saturated heterocycles. The van der Waals surface area contributed by atoms with E-state index in [0.717, 1.165) is 0 Å². The fourth-order valence-electron chi connectivity index (χ4n) is 6.28. The van der Waals surface area contributed by atoms with E-state index in [-0.39, 0.29) is 28.2 Å². The summed E-state index contributed by atoms with van der Waals surface area (Å²) in [4.78, 5) is 57.4. The SMILES string of the molecule is COc1ccc2c(c1)C1[C@H](/C(=C\c3ccccc3)C(C)=O)C(=O)/C(=C/c3ccccc3)[C@@]1(C(=O)c1ccccc1)C(=O)O2. The minimum Gasteiger partial charge on any atom is -0.497 e. The average molecular weight is 569 g/mol. The normalized spacial score (nSPS) is 22.0. The maximum Gasteiger partial charge on any atom is 0.330 e. The second-order valence-electron chi connectivity index (χ2n) is 10.7. The number of hydrogen-bond acceptors (Lipinski definition) is 6. The molecule has 3 atom stereocenters. The molecule has 212 valence electrons. The molecule has 0 bridgehead atoms. The first-order valence-electron chi connectivity index (χ1n) is 13.9. The smallest absolute Gasteiger partial charge is 0.330 e. The van der Waals surface area contributed by atoms with E-state index in [2.05, 4.69) is 0 Å². The van der Waals surface area contributed by atoms with Crippen LogP contribution in [0.25, 0.3) is 12.2 Å². The van der Waals surface area contributed by atoms with Gasteiger partial charge in [-0.3, -0.25) is 19.2 Å². The van der Waals surface area contributed by atoms with Gasteiger partial charge in [0.2, 0.25) is 0 Å². The van der Waals surface area contributed by atoms with E-state index >= 15 is 0 Å². The van der Waals surface area contributed by atoms with Gasteiger partial charge in [-0.1, -0.05) is 91.0 Å². The van der Waals surface area contributed by atoms with Gasteiger partial charge in [0.25, 0.3) is 0 Å². The van der Waals surface area contributed by atoms with Crippen LogP contribution < -0.4 is 9.47 Å². The molecule has 4 aromatic rings. The number of esters is 1. The molecule has 0 spiro atoms. The monoisotopic (exact) mass is 568 g/mol. The van der Waals surface area contributed by atoms with E-state index in [4.69, 9.17) is 9.47 Å². The van der Waals surface area contributed by atoms with Gasteiger partial charge in [-0.05, 0) is 48.4 Å². The van der Waals surface area contributed by atoms with Crippen molar-refractivity contribution in [1.29, 1.82) is 0 Å². The van der Waals surface area contributed by atoms with Crippen LogP contribution in [0.1, 0.15) is 39.9 Å². The Hall–Kier alpha value is -5.36. The number of Topliss-reactive ketones (excluding diaryl/α,β-unsaturated/α-hetero) is 3. The minimum atomic E-state index is -2.07. The molecular formula is C37H28O6. The van der Waals surface area contributed by atoms with Crippen molar-refractivity contribution in [3.63, 3.8) is 0 Å². The lowest BCUT2D eigenvalue weighted by atomic mass is 9.63. The zero-order valence-corrected chi connectivity index (χ0v) is 23.7. The third kappa shape index (κ3) is 4.61. The summed E-state index contributed by atoms with van der Waals surface area (Å²) in [6, 6.07) is 31.6. The zero-order chi connectivity index (χ0) is 30.1. The van der Waals surface area contributed by atoms with E-state index in [0.29, 0.717) is 22.4 Å². The average Bonchev–Trinajstić information content (AvgIpc) is 3.29. The molecule has 1 aliphatic carbocycles. The molecule has 6 nitrogen and oxygen atoms in total. The molecule has 2 aliphatic rings. The van der Waals surface area contributed by atoms with Crippen molar-refractivity contribution in [1.82, 2.24) is 0 Å². The van der Waals surface area contributed by atoms with Crippen molar-refractivity contribution in [3.05, 3.63) is 143 Å². The van der Waals surface area contributed by atoms with Crippen molar-refractivity contribution in [2.75, 3.05) is 7.11 Å². The Morgan fingerprint density at radius 2 is 1.42 bits per heavy atom. The molecular weight excluding hydrogens is 540 g/mol. The van der Waals surface area contributed by atoms with E-state index < -0.39 is 34.8 Å². The van der Waals surface area contributed by atoms with Crippen molar-refractivity contribution >= 4 is 35.5 Å². The quantitative estimate of drug-likeness (QED) is 0.0829. The molecule has 1 unspecified atom stereocenters. The van der Waals surface area contributed by atoms with E-state index in [9.17, 15) is 19.2 Å². The number of methoxy groups -OCH3 is 1. The molecule has 1 fully saturated rings. The maximum absolute atomic E-state index is 14.8. The number of ketones is 3. The third-order valence-electron chi connectivity index (χ3n) is 8.22. The number of hydrogen-bond donors (Lipinski definition) is 0.